The van der Waals surface area contributed by atoms with Gasteiger partial charge in [0, 0.05) is 5.54 Å². The van der Waals surface area contributed by atoms with Gasteiger partial charge < -0.3 is 4.57 Å². The third-order valence-corrected chi connectivity index (χ3v) is 2.99. The van der Waals surface area contributed by atoms with Gasteiger partial charge in [0.2, 0.25) is 0 Å². The number of carbonyl (C=O) groups is 1. The summed E-state index contributed by atoms with van der Waals surface area (Å²) < 4.78 is 1.98. The van der Waals surface area contributed by atoms with Gasteiger partial charge >= 0.3 is 0 Å². The van der Waals surface area contributed by atoms with Crippen LogP contribution in [0.2, 0.25) is 0 Å². The summed E-state index contributed by atoms with van der Waals surface area (Å²) in [5.41, 5.74) is 0.726. The summed E-state index contributed by atoms with van der Waals surface area (Å²) in [5.74, 6) is 0.709. The Morgan fingerprint density at radius 2 is 2.31 bits per heavy atom. The normalized spacial score (nSPS) is 17.4. The van der Waals surface area contributed by atoms with E-state index < -0.39 is 0 Å². The molecular formula is C10H14N2O. The van der Waals surface area contributed by atoms with Gasteiger partial charge in [-0.2, -0.15) is 0 Å². The van der Waals surface area contributed by atoms with Gasteiger partial charge in [0.15, 0.2) is 6.29 Å². The Hall–Kier alpha value is -1.12. The fraction of sp³-hybridized carbons (Fsp3) is 0.600. The molecule has 0 radical (unpaired) electrons. The SMILES string of the molecule is CC(C)(C1CC1)n1cncc1C=O. The van der Waals surface area contributed by atoms with Gasteiger partial charge in [0.25, 0.3) is 0 Å². The summed E-state index contributed by atoms with van der Waals surface area (Å²) >= 11 is 0. The van der Waals surface area contributed by atoms with Crippen molar-refractivity contribution in [2.45, 2.75) is 32.2 Å². The largest absolute Gasteiger partial charge is 0.322 e. The van der Waals surface area contributed by atoms with E-state index in [0.29, 0.717) is 11.6 Å². The molecule has 0 spiro atoms. The van der Waals surface area contributed by atoms with E-state index in [4.69, 9.17) is 0 Å². The second kappa shape index (κ2) is 2.69. The lowest BCUT2D eigenvalue weighted by Crippen LogP contribution is -2.29. The third-order valence-electron chi connectivity index (χ3n) is 2.99. The molecule has 0 unspecified atom stereocenters. The van der Waals surface area contributed by atoms with Crippen molar-refractivity contribution < 1.29 is 4.79 Å². The highest BCUT2D eigenvalue weighted by Gasteiger charge is 2.39. The van der Waals surface area contributed by atoms with Gasteiger partial charge in [-0.05, 0) is 32.6 Å². The summed E-state index contributed by atoms with van der Waals surface area (Å²) in [6.07, 6.45) is 6.78. The van der Waals surface area contributed by atoms with Gasteiger partial charge in [-0.3, -0.25) is 4.79 Å². The van der Waals surface area contributed by atoms with Gasteiger partial charge in [-0.1, -0.05) is 0 Å². The van der Waals surface area contributed by atoms with Crippen LogP contribution in [-0.2, 0) is 5.54 Å². The first-order valence-corrected chi connectivity index (χ1v) is 4.64. The monoisotopic (exact) mass is 178 g/mol. The maximum Gasteiger partial charge on any atom is 0.168 e. The molecule has 0 aromatic carbocycles. The van der Waals surface area contributed by atoms with Crippen LogP contribution in [-0.4, -0.2) is 15.8 Å². The summed E-state index contributed by atoms with van der Waals surface area (Å²) in [6, 6.07) is 0. The number of hydrogen-bond acceptors (Lipinski definition) is 2. The minimum absolute atomic E-state index is 0.0484. The highest BCUT2D eigenvalue weighted by Crippen LogP contribution is 2.44. The molecule has 70 valence electrons. The molecule has 1 fully saturated rings. The smallest absolute Gasteiger partial charge is 0.168 e. The van der Waals surface area contributed by atoms with Crippen LogP contribution in [0.4, 0.5) is 0 Å². The van der Waals surface area contributed by atoms with Crippen molar-refractivity contribution >= 4 is 6.29 Å². The van der Waals surface area contributed by atoms with E-state index in [-0.39, 0.29) is 5.54 Å². The fourth-order valence-corrected chi connectivity index (χ4v) is 1.86. The zero-order chi connectivity index (χ0) is 9.47. The van der Waals surface area contributed by atoms with Crippen LogP contribution in [0.5, 0.6) is 0 Å². The molecule has 0 aliphatic heterocycles. The highest BCUT2D eigenvalue weighted by molar-refractivity contribution is 5.71. The number of nitrogens with zero attached hydrogens (tertiary/aromatic N) is 2. The van der Waals surface area contributed by atoms with Crippen molar-refractivity contribution in [1.29, 1.82) is 0 Å². The molecule has 1 saturated carbocycles. The fourth-order valence-electron chi connectivity index (χ4n) is 1.86. The molecule has 3 nitrogen and oxygen atoms in total. The lowest BCUT2D eigenvalue weighted by molar-refractivity contribution is 0.110. The van der Waals surface area contributed by atoms with Crippen molar-refractivity contribution in [2.24, 2.45) is 5.92 Å². The molecule has 3 heteroatoms. The lowest BCUT2D eigenvalue weighted by Gasteiger charge is -2.27. The Balaban J connectivity index is 2.37. The van der Waals surface area contributed by atoms with E-state index in [2.05, 4.69) is 18.8 Å². The predicted molar refractivity (Wildman–Crippen MR) is 49.7 cm³/mol. The van der Waals surface area contributed by atoms with Gasteiger partial charge in [-0.15, -0.1) is 0 Å². The Morgan fingerprint density at radius 3 is 2.85 bits per heavy atom. The van der Waals surface area contributed by atoms with E-state index in [0.717, 1.165) is 6.29 Å². The van der Waals surface area contributed by atoms with Crippen molar-refractivity contribution in [1.82, 2.24) is 9.55 Å². The van der Waals surface area contributed by atoms with Gasteiger partial charge in [-0.25, -0.2) is 4.98 Å². The van der Waals surface area contributed by atoms with Crippen molar-refractivity contribution in [3.05, 3.63) is 18.2 Å². The number of aldehydes is 1. The summed E-state index contributed by atoms with van der Waals surface area (Å²) in [7, 11) is 0. The molecule has 1 aromatic rings. The second-order valence-corrected chi connectivity index (χ2v) is 4.23. The van der Waals surface area contributed by atoms with E-state index >= 15 is 0 Å². The van der Waals surface area contributed by atoms with Crippen molar-refractivity contribution in [3.63, 3.8) is 0 Å². The molecule has 0 bridgehead atoms. The molecule has 0 atom stereocenters. The first-order valence-electron chi connectivity index (χ1n) is 4.64. The van der Waals surface area contributed by atoms with E-state index in [9.17, 15) is 4.79 Å². The average Bonchev–Trinajstić information content (AvgIpc) is 2.84. The Morgan fingerprint density at radius 1 is 1.62 bits per heavy atom. The minimum atomic E-state index is 0.0484. The summed E-state index contributed by atoms with van der Waals surface area (Å²) in [5, 5.41) is 0. The average molecular weight is 178 g/mol. The van der Waals surface area contributed by atoms with Crippen LogP contribution in [0.25, 0.3) is 0 Å². The molecule has 0 amide bonds. The molecule has 1 aliphatic rings. The summed E-state index contributed by atoms with van der Waals surface area (Å²) in [4.78, 5) is 14.7. The maximum atomic E-state index is 10.7. The number of hydrogen-bond donors (Lipinski definition) is 0. The van der Waals surface area contributed by atoms with Gasteiger partial charge in [0.05, 0.1) is 12.5 Å². The second-order valence-electron chi connectivity index (χ2n) is 4.23. The quantitative estimate of drug-likeness (QED) is 0.662. The molecule has 13 heavy (non-hydrogen) atoms. The Kier molecular flexibility index (Phi) is 1.75. The van der Waals surface area contributed by atoms with Crippen molar-refractivity contribution in [2.75, 3.05) is 0 Å². The van der Waals surface area contributed by atoms with Crippen LogP contribution < -0.4 is 0 Å². The topological polar surface area (TPSA) is 34.9 Å². The van der Waals surface area contributed by atoms with Crippen LogP contribution in [0.3, 0.4) is 0 Å². The zero-order valence-corrected chi connectivity index (χ0v) is 8.03. The van der Waals surface area contributed by atoms with E-state index in [1.54, 1.807) is 12.5 Å². The van der Waals surface area contributed by atoms with Crippen LogP contribution in [0.15, 0.2) is 12.5 Å². The molecule has 0 saturated heterocycles. The molecular weight excluding hydrogens is 164 g/mol. The van der Waals surface area contributed by atoms with Crippen LogP contribution in [0, 0.1) is 5.92 Å². The molecule has 1 aromatic heterocycles. The highest BCUT2D eigenvalue weighted by atomic mass is 16.1. The van der Waals surface area contributed by atoms with E-state index in [1.165, 1.54) is 12.8 Å². The number of aromatic nitrogens is 2. The number of carbonyl (C=O) groups excluding carboxylic acids is 1. The first kappa shape index (κ1) is 8.48. The predicted octanol–water partition coefficient (Wildman–Crippen LogP) is 1.84. The minimum Gasteiger partial charge on any atom is -0.322 e. The number of rotatable bonds is 3. The Bertz CT molecular complexity index is 323. The first-order chi connectivity index (χ1) is 6.16. The Labute approximate surface area is 77.8 Å². The zero-order valence-electron chi connectivity index (χ0n) is 8.03. The standard InChI is InChI=1S/C10H14N2O/c1-10(2,8-3-4-8)12-7-11-5-9(12)6-13/h5-8H,3-4H2,1-2H3. The van der Waals surface area contributed by atoms with Crippen molar-refractivity contribution in [3.8, 4) is 0 Å². The van der Waals surface area contributed by atoms with Crippen LogP contribution in [0.1, 0.15) is 37.2 Å². The molecule has 1 aliphatic carbocycles. The molecule has 2 rings (SSSR count). The van der Waals surface area contributed by atoms with Crippen LogP contribution >= 0.6 is 0 Å². The van der Waals surface area contributed by atoms with E-state index in [1.807, 2.05) is 4.57 Å². The molecule has 0 N–H and O–H groups in total. The third kappa shape index (κ3) is 1.28. The number of imidazole rings is 1. The lowest BCUT2D eigenvalue weighted by atomic mass is 9.98. The summed E-state index contributed by atoms with van der Waals surface area (Å²) in [6.45, 7) is 4.33. The van der Waals surface area contributed by atoms with Gasteiger partial charge in [0.1, 0.15) is 5.69 Å². The molecule has 1 heterocycles. The maximum absolute atomic E-state index is 10.7.